The minimum atomic E-state index is -2.56. The highest BCUT2D eigenvalue weighted by Gasteiger charge is 2.50. The molecule has 0 saturated heterocycles. The summed E-state index contributed by atoms with van der Waals surface area (Å²) in [7, 11) is -2.56. The molecule has 0 saturated carbocycles. The molecule has 2 nitrogen and oxygen atoms in total. The van der Waals surface area contributed by atoms with Crippen molar-refractivity contribution in [3.8, 4) is 0 Å². The molecule has 0 N–H and O–H groups in total. The summed E-state index contributed by atoms with van der Waals surface area (Å²) in [4.78, 5) is 10.6. The highest BCUT2D eigenvalue weighted by atomic mass is 79.9. The van der Waals surface area contributed by atoms with Crippen LogP contribution in [0.5, 0.6) is 0 Å². The molecule has 0 fully saturated rings. The molecular weight excluding hydrogens is 484 g/mol. The van der Waals surface area contributed by atoms with Crippen LogP contribution in [0.2, 0.25) is 5.04 Å². The predicted octanol–water partition coefficient (Wildman–Crippen LogP) is 5.32. The Hall–Kier alpha value is -1.27. The lowest BCUT2D eigenvalue weighted by Gasteiger charge is -2.43. The first-order chi connectivity index (χ1) is 12.8. The highest BCUT2D eigenvalue weighted by Crippen LogP contribution is 2.37. The van der Waals surface area contributed by atoms with Crippen molar-refractivity contribution < 1.29 is 9.22 Å². The lowest BCUT2D eigenvalue weighted by Crippen LogP contribution is -2.66. The maximum atomic E-state index is 10.6. The van der Waals surface area contributed by atoms with E-state index in [9.17, 15) is 4.79 Å². The van der Waals surface area contributed by atoms with E-state index >= 15 is 0 Å². The summed E-state index contributed by atoms with van der Waals surface area (Å²) in [6, 6.07) is 21.0. The van der Waals surface area contributed by atoms with Gasteiger partial charge in [-0.2, -0.15) is 0 Å². The Labute approximate surface area is 179 Å². The number of rotatable bonds is 7. The monoisotopic (exact) mass is 506 g/mol. The van der Waals surface area contributed by atoms with Crippen LogP contribution < -0.4 is 10.4 Å². The summed E-state index contributed by atoms with van der Waals surface area (Å²) in [6.45, 7) is 7.17. The van der Waals surface area contributed by atoms with Gasteiger partial charge in [-0.15, -0.1) is 0 Å². The maximum absolute atomic E-state index is 10.6. The van der Waals surface area contributed by atoms with Gasteiger partial charge >= 0.3 is 0 Å². The van der Waals surface area contributed by atoms with Crippen molar-refractivity contribution >= 4 is 56.8 Å². The molecule has 0 aliphatic rings. The average Bonchev–Trinajstić information content (AvgIpc) is 2.63. The van der Waals surface area contributed by atoms with Gasteiger partial charge in [-0.25, -0.2) is 0 Å². The van der Waals surface area contributed by atoms with Crippen LogP contribution in [-0.2, 0) is 9.22 Å². The Balaban J connectivity index is 2.53. The van der Waals surface area contributed by atoms with E-state index in [-0.39, 0.29) is 5.04 Å². The van der Waals surface area contributed by atoms with Gasteiger partial charge in [0.05, 0.1) is 6.61 Å². The van der Waals surface area contributed by atoms with Crippen molar-refractivity contribution in [3.05, 3.63) is 81.8 Å². The second-order valence-electron chi connectivity index (χ2n) is 7.23. The fraction of sp³-hybridized carbons (Fsp3) is 0.227. The van der Waals surface area contributed by atoms with E-state index in [0.717, 1.165) is 10.8 Å². The van der Waals surface area contributed by atoms with E-state index in [0.29, 0.717) is 11.1 Å². The van der Waals surface area contributed by atoms with Crippen LogP contribution in [-0.4, -0.2) is 21.2 Å². The average molecular weight is 508 g/mol. The normalized spacial score (nSPS) is 13.5. The van der Waals surface area contributed by atoms with Gasteiger partial charge in [-0.3, -0.25) is 4.79 Å². The molecule has 2 aromatic carbocycles. The molecular formula is C22H24Br2O2Si. The van der Waals surface area contributed by atoms with Gasteiger partial charge in [-0.05, 0) is 27.6 Å². The molecule has 0 aliphatic carbocycles. The van der Waals surface area contributed by atoms with Crippen molar-refractivity contribution in [3.63, 3.8) is 0 Å². The fourth-order valence-corrected chi connectivity index (χ4v) is 9.03. The van der Waals surface area contributed by atoms with Gasteiger partial charge in [0, 0.05) is 8.96 Å². The molecule has 27 heavy (non-hydrogen) atoms. The number of allylic oxidation sites excluding steroid dienone is 3. The zero-order chi connectivity index (χ0) is 19.9. The topological polar surface area (TPSA) is 26.3 Å². The molecule has 0 spiro atoms. The van der Waals surface area contributed by atoms with Crippen LogP contribution in [0.1, 0.15) is 20.8 Å². The Morgan fingerprint density at radius 2 is 1.44 bits per heavy atom. The molecule has 0 radical (unpaired) electrons. The quantitative estimate of drug-likeness (QED) is 0.219. The predicted molar refractivity (Wildman–Crippen MR) is 124 cm³/mol. The van der Waals surface area contributed by atoms with E-state index in [4.69, 9.17) is 4.43 Å². The minimum absolute atomic E-state index is 0.0706. The maximum Gasteiger partial charge on any atom is 0.261 e. The molecule has 142 valence electrons. The van der Waals surface area contributed by atoms with Crippen molar-refractivity contribution in [2.45, 2.75) is 25.8 Å². The van der Waals surface area contributed by atoms with Crippen LogP contribution in [0, 0.1) is 0 Å². The molecule has 0 unspecified atom stereocenters. The standard InChI is InChI=1S/C22H24Br2O2Si/c1-22(2,3)27(20-10-6-4-7-11-20,21-12-8-5-9-13-21)26-17-19(24)16-18(23)14-15-25/h4-16H,17H2,1-3H3/b18-14-,19-16-. The van der Waals surface area contributed by atoms with E-state index < -0.39 is 8.32 Å². The third-order valence-electron chi connectivity index (χ3n) is 4.37. The first kappa shape index (κ1) is 22.0. The van der Waals surface area contributed by atoms with Crippen LogP contribution in [0.25, 0.3) is 0 Å². The molecule has 0 aromatic heterocycles. The van der Waals surface area contributed by atoms with E-state index in [1.165, 1.54) is 16.4 Å². The summed E-state index contributed by atoms with van der Waals surface area (Å²) >= 11 is 6.95. The Morgan fingerprint density at radius 1 is 0.963 bits per heavy atom. The van der Waals surface area contributed by atoms with E-state index in [1.807, 2.05) is 18.2 Å². The van der Waals surface area contributed by atoms with Gasteiger partial charge in [0.2, 0.25) is 0 Å². The molecule has 2 aromatic rings. The Bertz CT molecular complexity index is 770. The van der Waals surface area contributed by atoms with Crippen molar-refractivity contribution in [1.29, 1.82) is 0 Å². The fourth-order valence-electron chi connectivity index (χ4n) is 3.24. The minimum Gasteiger partial charge on any atom is -0.403 e. The van der Waals surface area contributed by atoms with Gasteiger partial charge in [0.25, 0.3) is 8.32 Å². The number of halogens is 2. The van der Waals surface area contributed by atoms with Crippen molar-refractivity contribution in [2.24, 2.45) is 0 Å². The number of hydrogen-bond acceptors (Lipinski definition) is 2. The van der Waals surface area contributed by atoms with E-state index in [1.54, 1.807) is 0 Å². The summed E-state index contributed by atoms with van der Waals surface area (Å²) in [5.74, 6) is 0. The summed E-state index contributed by atoms with van der Waals surface area (Å²) in [5.41, 5.74) is 0. The SMILES string of the molecule is CC(C)(C)[Si](OC/C(Br)=C/C(Br)=C/C=O)(c1ccccc1)c1ccccc1. The van der Waals surface area contributed by atoms with Gasteiger partial charge in [0.15, 0.2) is 0 Å². The smallest absolute Gasteiger partial charge is 0.261 e. The van der Waals surface area contributed by atoms with Crippen LogP contribution in [0.15, 0.2) is 81.8 Å². The molecule has 0 bridgehead atoms. The molecule has 0 atom stereocenters. The summed E-state index contributed by atoms with van der Waals surface area (Å²) in [6.07, 6.45) is 4.07. The van der Waals surface area contributed by atoms with E-state index in [2.05, 4.69) is 101 Å². The molecule has 0 heterocycles. The number of carbonyl (C=O) groups excluding carboxylic acids is 1. The van der Waals surface area contributed by atoms with Crippen molar-refractivity contribution in [1.82, 2.24) is 0 Å². The number of carbonyl (C=O) groups is 1. The lowest BCUT2D eigenvalue weighted by molar-refractivity contribution is -0.104. The first-order valence-electron chi connectivity index (χ1n) is 8.73. The van der Waals surface area contributed by atoms with Crippen LogP contribution in [0.4, 0.5) is 0 Å². The Kier molecular flexibility index (Phi) is 7.98. The molecule has 2 rings (SSSR count). The second-order valence-corrected chi connectivity index (χ2v) is 13.5. The van der Waals surface area contributed by atoms with Crippen LogP contribution >= 0.6 is 31.9 Å². The number of hydrogen-bond donors (Lipinski definition) is 0. The summed E-state index contributed by atoms with van der Waals surface area (Å²) in [5, 5.41) is 2.41. The molecule has 5 heteroatoms. The third kappa shape index (κ3) is 5.38. The second kappa shape index (κ2) is 9.78. The number of benzene rings is 2. The lowest BCUT2D eigenvalue weighted by atomic mass is 10.2. The largest absolute Gasteiger partial charge is 0.403 e. The van der Waals surface area contributed by atoms with Gasteiger partial charge < -0.3 is 4.43 Å². The first-order valence-corrected chi connectivity index (χ1v) is 12.2. The van der Waals surface area contributed by atoms with Gasteiger partial charge in [0.1, 0.15) is 6.29 Å². The highest BCUT2D eigenvalue weighted by molar-refractivity contribution is 9.12. The molecule has 0 amide bonds. The van der Waals surface area contributed by atoms with Gasteiger partial charge in [-0.1, -0.05) is 113 Å². The molecule has 0 aliphatic heterocycles. The zero-order valence-corrected chi connectivity index (χ0v) is 20.0. The summed E-state index contributed by atoms with van der Waals surface area (Å²) < 4.78 is 8.37. The van der Waals surface area contributed by atoms with Crippen molar-refractivity contribution in [2.75, 3.05) is 6.61 Å². The third-order valence-corrected chi connectivity index (χ3v) is 10.3. The zero-order valence-electron chi connectivity index (χ0n) is 15.8. The number of aldehydes is 1. The van der Waals surface area contributed by atoms with Crippen LogP contribution in [0.3, 0.4) is 0 Å². The Morgan fingerprint density at radius 3 is 1.85 bits per heavy atom.